The van der Waals surface area contributed by atoms with E-state index >= 15 is 0 Å². The molecule has 5 nitrogen and oxygen atoms in total. The van der Waals surface area contributed by atoms with Gasteiger partial charge in [0.05, 0.1) is 11.1 Å². The number of aromatic nitrogens is 2. The molecule has 19 heavy (non-hydrogen) atoms. The zero-order valence-electron chi connectivity index (χ0n) is 10.3. The van der Waals surface area contributed by atoms with Crippen molar-refractivity contribution in [1.29, 1.82) is 0 Å². The topological polar surface area (TPSA) is 75.1 Å². The minimum absolute atomic E-state index is 0.227. The van der Waals surface area contributed by atoms with Crippen LogP contribution in [0, 0.1) is 0 Å². The van der Waals surface area contributed by atoms with Crippen LogP contribution in [0.5, 0.6) is 0 Å². The number of nitrogens with zero attached hydrogens (tertiary/aromatic N) is 1. The minimum atomic E-state index is -0.780. The minimum Gasteiger partial charge on any atom is -0.481 e. The Morgan fingerprint density at radius 3 is 2.68 bits per heavy atom. The molecule has 0 unspecified atom stereocenters. The first-order chi connectivity index (χ1) is 9.13. The SMILES string of the molecule is O=C(O)C1(c2cccc(-n3cc[nH]c3=O)c2)CCC1. The van der Waals surface area contributed by atoms with Crippen LogP contribution in [0.25, 0.3) is 5.69 Å². The Morgan fingerprint density at radius 1 is 1.37 bits per heavy atom. The van der Waals surface area contributed by atoms with E-state index in [-0.39, 0.29) is 5.69 Å². The summed E-state index contributed by atoms with van der Waals surface area (Å²) in [5.74, 6) is -0.780. The van der Waals surface area contributed by atoms with Crippen molar-refractivity contribution in [1.82, 2.24) is 9.55 Å². The second kappa shape index (κ2) is 4.12. The highest BCUT2D eigenvalue weighted by Crippen LogP contribution is 2.44. The Morgan fingerprint density at radius 2 is 2.16 bits per heavy atom. The number of benzene rings is 1. The number of imidazole rings is 1. The predicted octanol–water partition coefficient (Wildman–Crippen LogP) is 1.67. The van der Waals surface area contributed by atoms with E-state index in [0.717, 1.165) is 12.0 Å². The number of nitrogens with one attached hydrogen (secondary N) is 1. The molecule has 2 aromatic rings. The molecule has 2 N–H and O–H groups in total. The number of aliphatic carboxylic acids is 1. The number of aromatic amines is 1. The van der Waals surface area contributed by atoms with Gasteiger partial charge in [-0.25, -0.2) is 4.79 Å². The molecule has 0 aliphatic heterocycles. The monoisotopic (exact) mass is 258 g/mol. The van der Waals surface area contributed by atoms with Crippen LogP contribution in [0.4, 0.5) is 0 Å². The van der Waals surface area contributed by atoms with Gasteiger partial charge in [-0.3, -0.25) is 9.36 Å². The van der Waals surface area contributed by atoms with Gasteiger partial charge < -0.3 is 10.1 Å². The smallest absolute Gasteiger partial charge is 0.330 e. The molecule has 1 aromatic carbocycles. The van der Waals surface area contributed by atoms with Crippen LogP contribution in [0.2, 0.25) is 0 Å². The lowest BCUT2D eigenvalue weighted by atomic mass is 9.64. The fraction of sp³-hybridized carbons (Fsp3) is 0.286. The summed E-state index contributed by atoms with van der Waals surface area (Å²) in [5, 5.41) is 9.44. The average molecular weight is 258 g/mol. The van der Waals surface area contributed by atoms with Gasteiger partial charge in [0.1, 0.15) is 0 Å². The standard InChI is InChI=1S/C14H14N2O3/c17-12(18)14(5-2-6-14)10-3-1-4-11(9-10)16-8-7-15-13(16)19/h1,3-4,7-9H,2,5-6H2,(H,15,19)(H,17,18). The van der Waals surface area contributed by atoms with Crippen LogP contribution >= 0.6 is 0 Å². The molecule has 0 saturated heterocycles. The fourth-order valence-corrected chi connectivity index (χ4v) is 2.63. The molecule has 3 rings (SSSR count). The van der Waals surface area contributed by atoms with E-state index in [0.29, 0.717) is 18.5 Å². The molecular formula is C14H14N2O3. The maximum atomic E-state index is 11.6. The molecule has 98 valence electrons. The fourth-order valence-electron chi connectivity index (χ4n) is 2.63. The molecular weight excluding hydrogens is 244 g/mol. The largest absolute Gasteiger partial charge is 0.481 e. The van der Waals surface area contributed by atoms with Gasteiger partial charge in [-0.2, -0.15) is 0 Å². The molecule has 1 aromatic heterocycles. The Bertz CT molecular complexity index is 680. The first-order valence-corrected chi connectivity index (χ1v) is 6.24. The van der Waals surface area contributed by atoms with Gasteiger partial charge in [-0.15, -0.1) is 0 Å². The Labute approximate surface area is 109 Å². The van der Waals surface area contributed by atoms with Crippen LogP contribution < -0.4 is 5.69 Å². The lowest BCUT2D eigenvalue weighted by molar-refractivity contribution is -0.147. The highest BCUT2D eigenvalue weighted by molar-refractivity contribution is 5.82. The number of hydrogen-bond donors (Lipinski definition) is 2. The third kappa shape index (κ3) is 1.69. The molecule has 1 heterocycles. The van der Waals surface area contributed by atoms with E-state index in [1.165, 1.54) is 4.57 Å². The quantitative estimate of drug-likeness (QED) is 0.879. The molecule has 0 atom stereocenters. The molecule has 1 aliphatic carbocycles. The van der Waals surface area contributed by atoms with E-state index in [2.05, 4.69) is 4.98 Å². The normalized spacial score (nSPS) is 16.8. The van der Waals surface area contributed by atoms with Gasteiger partial charge >= 0.3 is 11.7 Å². The maximum Gasteiger partial charge on any atom is 0.330 e. The van der Waals surface area contributed by atoms with Gasteiger partial charge in [0.15, 0.2) is 0 Å². The lowest BCUT2D eigenvalue weighted by Gasteiger charge is -2.38. The summed E-state index contributed by atoms with van der Waals surface area (Å²) in [4.78, 5) is 25.7. The third-order valence-corrected chi connectivity index (χ3v) is 3.94. The lowest BCUT2D eigenvalue weighted by Crippen LogP contribution is -2.42. The number of carboxylic acid groups (broad SMARTS) is 1. The van der Waals surface area contributed by atoms with Gasteiger partial charge in [0, 0.05) is 12.4 Å². The summed E-state index contributed by atoms with van der Waals surface area (Å²) in [6.07, 6.45) is 5.45. The summed E-state index contributed by atoms with van der Waals surface area (Å²) >= 11 is 0. The van der Waals surface area contributed by atoms with E-state index in [4.69, 9.17) is 0 Å². The molecule has 5 heteroatoms. The van der Waals surface area contributed by atoms with Crippen LogP contribution in [0.3, 0.4) is 0 Å². The first kappa shape index (κ1) is 11.8. The highest BCUT2D eigenvalue weighted by Gasteiger charge is 2.45. The Hall–Kier alpha value is -2.30. The van der Waals surface area contributed by atoms with E-state index < -0.39 is 11.4 Å². The number of H-pyrrole nitrogens is 1. The van der Waals surface area contributed by atoms with Crippen molar-refractivity contribution in [3.63, 3.8) is 0 Å². The van der Waals surface area contributed by atoms with Crippen molar-refractivity contribution < 1.29 is 9.90 Å². The molecule has 1 aliphatic rings. The molecule has 1 fully saturated rings. The molecule has 0 amide bonds. The average Bonchev–Trinajstić information content (AvgIpc) is 2.74. The van der Waals surface area contributed by atoms with Crippen LogP contribution in [-0.2, 0) is 10.2 Å². The molecule has 0 spiro atoms. The Balaban J connectivity index is 2.08. The number of carbonyl (C=O) groups is 1. The summed E-state index contributed by atoms with van der Waals surface area (Å²) in [7, 11) is 0. The maximum absolute atomic E-state index is 11.6. The summed E-state index contributed by atoms with van der Waals surface area (Å²) in [5.41, 5.74) is 0.471. The van der Waals surface area contributed by atoms with Crippen molar-refractivity contribution >= 4 is 5.97 Å². The summed E-state index contributed by atoms with van der Waals surface area (Å²) in [6.45, 7) is 0. The van der Waals surface area contributed by atoms with Crippen LogP contribution in [0.15, 0.2) is 41.5 Å². The number of carboxylic acids is 1. The molecule has 0 radical (unpaired) electrons. The van der Waals surface area contributed by atoms with Gasteiger partial charge in [-0.05, 0) is 30.5 Å². The van der Waals surface area contributed by atoms with E-state index in [1.54, 1.807) is 30.6 Å². The van der Waals surface area contributed by atoms with Crippen molar-refractivity contribution in [2.24, 2.45) is 0 Å². The second-order valence-corrected chi connectivity index (χ2v) is 4.93. The van der Waals surface area contributed by atoms with Crippen molar-refractivity contribution in [2.45, 2.75) is 24.7 Å². The predicted molar refractivity (Wildman–Crippen MR) is 69.6 cm³/mol. The number of rotatable bonds is 3. The summed E-state index contributed by atoms with van der Waals surface area (Å²) < 4.78 is 1.47. The Kier molecular flexibility index (Phi) is 2.55. The zero-order valence-corrected chi connectivity index (χ0v) is 10.3. The van der Waals surface area contributed by atoms with Gasteiger partial charge in [0.2, 0.25) is 0 Å². The molecule has 1 saturated carbocycles. The molecule has 0 bridgehead atoms. The third-order valence-electron chi connectivity index (χ3n) is 3.94. The van der Waals surface area contributed by atoms with Crippen molar-refractivity contribution in [3.05, 3.63) is 52.7 Å². The first-order valence-electron chi connectivity index (χ1n) is 6.24. The van der Waals surface area contributed by atoms with Crippen molar-refractivity contribution in [2.75, 3.05) is 0 Å². The van der Waals surface area contributed by atoms with E-state index in [9.17, 15) is 14.7 Å². The number of hydrogen-bond acceptors (Lipinski definition) is 2. The highest BCUT2D eigenvalue weighted by atomic mass is 16.4. The van der Waals surface area contributed by atoms with Crippen LogP contribution in [0.1, 0.15) is 24.8 Å². The van der Waals surface area contributed by atoms with Gasteiger partial charge in [-0.1, -0.05) is 18.6 Å². The van der Waals surface area contributed by atoms with Crippen molar-refractivity contribution in [3.8, 4) is 5.69 Å². The zero-order chi connectivity index (χ0) is 13.5. The van der Waals surface area contributed by atoms with Gasteiger partial charge in [0.25, 0.3) is 0 Å². The summed E-state index contributed by atoms with van der Waals surface area (Å²) in [6, 6.07) is 7.22. The second-order valence-electron chi connectivity index (χ2n) is 4.93. The van der Waals surface area contributed by atoms with Crippen LogP contribution in [-0.4, -0.2) is 20.6 Å². The van der Waals surface area contributed by atoms with E-state index in [1.807, 2.05) is 6.07 Å².